The monoisotopic (exact) mass is 550 g/mol. The van der Waals surface area contributed by atoms with Crippen molar-refractivity contribution in [3.05, 3.63) is 0 Å². The van der Waals surface area contributed by atoms with Crippen LogP contribution in [-0.2, 0) is 0 Å². The smallest absolute Gasteiger partial charge is 0.171 e. The summed E-state index contributed by atoms with van der Waals surface area (Å²) in [4.78, 5) is 0. The van der Waals surface area contributed by atoms with Crippen molar-refractivity contribution in [3.63, 3.8) is 0 Å². The Balaban J connectivity index is 0.000000208. The normalized spacial score (nSPS) is 40.2. The van der Waals surface area contributed by atoms with Crippen LogP contribution in [-0.4, -0.2) is 18.5 Å². The van der Waals surface area contributed by atoms with Crippen LogP contribution < -0.4 is 0 Å². The standard InChI is InChI=1S/C14H20F6.C14H23F3/c1-7-8(2)11-5-9(7)4-10(11)6-12(3,13(15,16)17)14(18,19)20;1-8-9(2)12-6-10(8)5-11(12)7-13(3,4)14(15,16)17/h7-11H,4-6H2,1-3H3;8-12H,5-7H2,1-4H3. The molecule has 9 heteroatoms. The molecule has 218 valence electrons. The molecule has 0 heterocycles. The van der Waals surface area contributed by atoms with Crippen molar-refractivity contribution >= 4 is 0 Å². The zero-order valence-corrected chi connectivity index (χ0v) is 22.9. The highest BCUT2D eigenvalue weighted by atomic mass is 19.4. The first-order valence-corrected chi connectivity index (χ1v) is 13.7. The number of hydrogen-bond donors (Lipinski definition) is 0. The maximum atomic E-state index is 12.9. The first-order chi connectivity index (χ1) is 16.5. The van der Waals surface area contributed by atoms with Gasteiger partial charge < -0.3 is 0 Å². The molecule has 0 aromatic heterocycles. The van der Waals surface area contributed by atoms with Gasteiger partial charge >= 0.3 is 18.5 Å². The van der Waals surface area contributed by atoms with Crippen molar-refractivity contribution in [2.75, 3.05) is 0 Å². The summed E-state index contributed by atoms with van der Waals surface area (Å²) in [7, 11) is 0. The van der Waals surface area contributed by atoms with E-state index in [1.807, 2.05) is 6.92 Å². The van der Waals surface area contributed by atoms with E-state index in [1.54, 1.807) is 0 Å². The minimum atomic E-state index is -5.25. The number of hydrogen-bond acceptors (Lipinski definition) is 0. The van der Waals surface area contributed by atoms with E-state index in [2.05, 4.69) is 20.8 Å². The van der Waals surface area contributed by atoms with Gasteiger partial charge in [-0.1, -0.05) is 41.5 Å². The van der Waals surface area contributed by atoms with Crippen LogP contribution in [0.15, 0.2) is 0 Å². The number of alkyl halides is 9. The largest absolute Gasteiger partial charge is 0.402 e. The molecule has 4 saturated carbocycles. The maximum absolute atomic E-state index is 12.9. The molecule has 0 N–H and O–H groups in total. The highest BCUT2D eigenvalue weighted by molar-refractivity contribution is 5.02. The molecule has 0 radical (unpaired) electrons. The van der Waals surface area contributed by atoms with Crippen molar-refractivity contribution in [2.24, 2.45) is 70.0 Å². The molecule has 4 fully saturated rings. The van der Waals surface area contributed by atoms with E-state index >= 15 is 0 Å². The molecule has 0 aromatic carbocycles. The Hall–Kier alpha value is -0.630. The predicted molar refractivity (Wildman–Crippen MR) is 125 cm³/mol. The Kier molecular flexibility index (Phi) is 8.17. The Morgan fingerprint density at radius 3 is 1.11 bits per heavy atom. The highest BCUT2D eigenvalue weighted by Gasteiger charge is 2.68. The summed E-state index contributed by atoms with van der Waals surface area (Å²) in [5.74, 6) is 3.34. The van der Waals surface area contributed by atoms with Gasteiger partial charge in [0.05, 0.1) is 5.41 Å². The zero-order chi connectivity index (χ0) is 28.5. The van der Waals surface area contributed by atoms with Gasteiger partial charge in [0.15, 0.2) is 5.41 Å². The van der Waals surface area contributed by atoms with Gasteiger partial charge in [-0.05, 0) is 105 Å². The lowest BCUT2D eigenvalue weighted by molar-refractivity contribution is -0.340. The fourth-order valence-electron chi connectivity index (χ4n) is 8.35. The third kappa shape index (κ3) is 5.53. The average molecular weight is 551 g/mol. The molecule has 0 spiro atoms. The predicted octanol–water partition coefficient (Wildman–Crippen LogP) is 10.3. The Bertz CT molecular complexity index is 775. The van der Waals surface area contributed by atoms with Crippen LogP contribution in [0.5, 0.6) is 0 Å². The third-order valence-electron chi connectivity index (χ3n) is 11.5. The van der Waals surface area contributed by atoms with Crippen LogP contribution in [0.25, 0.3) is 0 Å². The lowest BCUT2D eigenvalue weighted by Gasteiger charge is -2.40. The summed E-state index contributed by atoms with van der Waals surface area (Å²) in [5.41, 5.74) is -5.11. The lowest BCUT2D eigenvalue weighted by atomic mass is 9.69. The van der Waals surface area contributed by atoms with Crippen molar-refractivity contribution in [1.82, 2.24) is 0 Å². The van der Waals surface area contributed by atoms with Crippen LogP contribution >= 0.6 is 0 Å². The average Bonchev–Trinajstić information content (AvgIpc) is 3.44. The van der Waals surface area contributed by atoms with Gasteiger partial charge in [0.2, 0.25) is 0 Å². The van der Waals surface area contributed by atoms with Gasteiger partial charge in [-0.15, -0.1) is 0 Å². The molecule has 10 atom stereocenters. The summed E-state index contributed by atoms with van der Waals surface area (Å²) in [6.07, 6.45) is -11.6. The minimum absolute atomic E-state index is 0.0130. The summed E-state index contributed by atoms with van der Waals surface area (Å²) < 4.78 is 116. The van der Waals surface area contributed by atoms with E-state index in [9.17, 15) is 39.5 Å². The van der Waals surface area contributed by atoms with Gasteiger partial charge in [0, 0.05) is 0 Å². The maximum Gasteiger partial charge on any atom is 0.402 e. The molecule has 4 bridgehead atoms. The highest BCUT2D eigenvalue weighted by Crippen LogP contribution is 2.62. The fraction of sp³-hybridized carbons (Fsp3) is 1.00. The van der Waals surface area contributed by atoms with E-state index in [4.69, 9.17) is 0 Å². The van der Waals surface area contributed by atoms with E-state index in [-0.39, 0.29) is 11.8 Å². The zero-order valence-electron chi connectivity index (χ0n) is 22.9. The van der Waals surface area contributed by atoms with Crippen LogP contribution in [0.4, 0.5) is 39.5 Å². The number of fused-ring (bicyclic) bond motifs is 4. The molecule has 0 nitrogen and oxygen atoms in total. The van der Waals surface area contributed by atoms with Crippen LogP contribution in [0, 0.1) is 70.0 Å². The van der Waals surface area contributed by atoms with Gasteiger partial charge in [0.1, 0.15) is 0 Å². The minimum Gasteiger partial charge on any atom is -0.171 e. The quantitative estimate of drug-likeness (QED) is 0.306. The summed E-state index contributed by atoms with van der Waals surface area (Å²) in [6, 6.07) is 0. The topological polar surface area (TPSA) is 0 Å². The Morgan fingerprint density at radius 1 is 0.486 bits per heavy atom. The van der Waals surface area contributed by atoms with Crippen LogP contribution in [0.2, 0.25) is 0 Å². The fourth-order valence-corrected chi connectivity index (χ4v) is 8.35. The lowest BCUT2D eigenvalue weighted by Crippen LogP contribution is -2.49. The van der Waals surface area contributed by atoms with E-state index in [1.165, 1.54) is 20.3 Å². The molecule has 4 rings (SSSR count). The van der Waals surface area contributed by atoms with Crippen LogP contribution in [0.3, 0.4) is 0 Å². The summed E-state index contributed by atoms with van der Waals surface area (Å²) in [6.45, 7) is 11.5. The van der Waals surface area contributed by atoms with E-state index in [0.717, 1.165) is 12.8 Å². The molecule has 4 aliphatic carbocycles. The second kappa shape index (κ2) is 9.78. The van der Waals surface area contributed by atoms with Gasteiger partial charge in [-0.2, -0.15) is 39.5 Å². The first kappa shape index (κ1) is 30.9. The SMILES string of the molecule is CC1C2CC(CC(C)(C(F)(F)F)C(F)(F)F)C(C2)C1C.CC1C2CC(CC(C)(C)C(F)(F)F)C(C2)C1C. The molecule has 0 amide bonds. The molecule has 0 aromatic rings. The Labute approximate surface area is 215 Å². The third-order valence-corrected chi connectivity index (χ3v) is 11.5. The van der Waals surface area contributed by atoms with Crippen molar-refractivity contribution < 1.29 is 39.5 Å². The molecule has 4 aliphatic rings. The molecule has 0 saturated heterocycles. The number of rotatable bonds is 4. The van der Waals surface area contributed by atoms with Crippen molar-refractivity contribution in [2.45, 2.75) is 106 Å². The van der Waals surface area contributed by atoms with Crippen molar-refractivity contribution in [3.8, 4) is 0 Å². The second-order valence-corrected chi connectivity index (χ2v) is 13.9. The van der Waals surface area contributed by atoms with Gasteiger partial charge in [-0.3, -0.25) is 0 Å². The second-order valence-electron chi connectivity index (χ2n) is 13.9. The summed E-state index contributed by atoms with van der Waals surface area (Å²) in [5, 5.41) is 0. The Morgan fingerprint density at radius 2 is 0.838 bits per heavy atom. The van der Waals surface area contributed by atoms with Crippen LogP contribution in [0.1, 0.15) is 87.0 Å². The molecule has 10 unspecified atom stereocenters. The molecular formula is C28H43F9. The van der Waals surface area contributed by atoms with Crippen molar-refractivity contribution in [1.29, 1.82) is 0 Å². The van der Waals surface area contributed by atoms with Gasteiger partial charge in [-0.25, -0.2) is 0 Å². The molecule has 0 aliphatic heterocycles. The van der Waals surface area contributed by atoms with E-state index < -0.39 is 41.7 Å². The summed E-state index contributed by atoms with van der Waals surface area (Å²) >= 11 is 0. The van der Waals surface area contributed by atoms with E-state index in [0.29, 0.717) is 61.2 Å². The number of halogens is 9. The first-order valence-electron chi connectivity index (χ1n) is 13.7. The molecular weight excluding hydrogens is 507 g/mol. The molecule has 37 heavy (non-hydrogen) atoms. The van der Waals surface area contributed by atoms with Gasteiger partial charge in [0.25, 0.3) is 0 Å².